The second-order valence-electron chi connectivity index (χ2n) is 7.71. The fraction of sp³-hybridized carbons (Fsp3) is 0.269. The number of carbonyl (C=O) groups is 1. The standard InChI is InChI=1S/C26H29Cl2N3OS/c1-5-21-23(28)15-24(29)22(6-2)25(21)30-26(32)31(19-11-13-20(33-4)14-12-19)16(3)17-7-9-18(27)10-8-17/h7-16H,5-6,29H2,1-4H3,(H,30,32). The van der Waals surface area contributed by atoms with Crippen LogP contribution in [-0.4, -0.2) is 12.3 Å². The summed E-state index contributed by atoms with van der Waals surface area (Å²) in [4.78, 5) is 16.7. The highest BCUT2D eigenvalue weighted by atomic mass is 35.5. The molecule has 7 heteroatoms. The van der Waals surface area contributed by atoms with Crippen LogP contribution in [0.2, 0.25) is 10.0 Å². The summed E-state index contributed by atoms with van der Waals surface area (Å²) in [5.41, 5.74) is 11.1. The van der Waals surface area contributed by atoms with E-state index < -0.39 is 0 Å². The average Bonchev–Trinajstić information content (AvgIpc) is 2.80. The Kier molecular flexibility index (Phi) is 8.57. The van der Waals surface area contributed by atoms with E-state index in [1.54, 1.807) is 22.7 Å². The molecule has 0 heterocycles. The van der Waals surface area contributed by atoms with Crippen LogP contribution >= 0.6 is 35.0 Å². The molecule has 3 aromatic carbocycles. The predicted octanol–water partition coefficient (Wildman–Crippen LogP) is 8.22. The number of halogens is 2. The van der Waals surface area contributed by atoms with Crippen LogP contribution in [0.4, 0.5) is 21.9 Å². The van der Waals surface area contributed by atoms with E-state index in [1.807, 2.05) is 75.6 Å². The van der Waals surface area contributed by atoms with E-state index >= 15 is 0 Å². The average molecular weight is 503 g/mol. The fourth-order valence-electron chi connectivity index (χ4n) is 3.95. The number of hydrogen-bond acceptors (Lipinski definition) is 3. The number of benzene rings is 3. The first-order valence-corrected chi connectivity index (χ1v) is 12.9. The first-order chi connectivity index (χ1) is 15.8. The quantitative estimate of drug-likeness (QED) is 0.253. The Morgan fingerprint density at radius 1 is 1.03 bits per heavy atom. The molecule has 3 aromatic rings. The van der Waals surface area contributed by atoms with E-state index in [1.165, 1.54) is 0 Å². The third kappa shape index (κ3) is 5.60. The van der Waals surface area contributed by atoms with Crippen molar-refractivity contribution in [2.45, 2.75) is 44.6 Å². The lowest BCUT2D eigenvalue weighted by atomic mass is 10.0. The summed E-state index contributed by atoms with van der Waals surface area (Å²) in [6.07, 6.45) is 3.38. The lowest BCUT2D eigenvalue weighted by molar-refractivity contribution is 0.255. The second kappa shape index (κ2) is 11.2. The SMILES string of the molecule is CCc1c(N)cc(Cl)c(CC)c1NC(=O)N(c1ccc(SC)cc1)C(C)c1ccc(Cl)cc1. The maximum absolute atomic E-state index is 13.8. The highest BCUT2D eigenvalue weighted by Crippen LogP contribution is 2.36. The molecule has 0 radical (unpaired) electrons. The van der Waals surface area contributed by atoms with E-state index in [-0.39, 0.29) is 12.1 Å². The number of hydrogen-bond donors (Lipinski definition) is 2. The van der Waals surface area contributed by atoms with Gasteiger partial charge in [0.1, 0.15) is 0 Å². The summed E-state index contributed by atoms with van der Waals surface area (Å²) >= 11 is 14.2. The molecule has 0 saturated heterocycles. The zero-order chi connectivity index (χ0) is 24.1. The molecule has 33 heavy (non-hydrogen) atoms. The van der Waals surface area contributed by atoms with E-state index in [2.05, 4.69) is 5.32 Å². The van der Waals surface area contributed by atoms with Crippen LogP contribution < -0.4 is 16.0 Å². The minimum Gasteiger partial charge on any atom is -0.398 e. The number of nitrogens with two attached hydrogens (primary N) is 1. The number of thioether (sulfide) groups is 1. The van der Waals surface area contributed by atoms with Gasteiger partial charge in [0.25, 0.3) is 0 Å². The molecule has 2 amide bonds. The lowest BCUT2D eigenvalue weighted by Crippen LogP contribution is -2.37. The molecule has 0 fully saturated rings. The number of nitrogens with zero attached hydrogens (tertiary/aromatic N) is 1. The zero-order valence-corrected chi connectivity index (χ0v) is 21.6. The molecule has 0 aromatic heterocycles. The summed E-state index contributed by atoms with van der Waals surface area (Å²) in [5.74, 6) is 0. The molecule has 3 N–H and O–H groups in total. The molecule has 4 nitrogen and oxygen atoms in total. The van der Waals surface area contributed by atoms with Gasteiger partial charge in [-0.2, -0.15) is 0 Å². The van der Waals surface area contributed by atoms with Crippen LogP contribution in [-0.2, 0) is 12.8 Å². The highest BCUT2D eigenvalue weighted by Gasteiger charge is 2.26. The van der Waals surface area contributed by atoms with E-state index in [0.29, 0.717) is 34.3 Å². The van der Waals surface area contributed by atoms with Crippen molar-refractivity contribution in [3.05, 3.63) is 81.3 Å². The van der Waals surface area contributed by atoms with Crippen LogP contribution in [0.15, 0.2) is 59.5 Å². The Hall–Kier alpha value is -2.34. The van der Waals surface area contributed by atoms with Gasteiger partial charge in [0.05, 0.1) is 11.7 Å². The van der Waals surface area contributed by atoms with Gasteiger partial charge in [0.15, 0.2) is 0 Å². The van der Waals surface area contributed by atoms with Crippen molar-refractivity contribution in [1.29, 1.82) is 0 Å². The van der Waals surface area contributed by atoms with Gasteiger partial charge in [-0.3, -0.25) is 4.90 Å². The summed E-state index contributed by atoms with van der Waals surface area (Å²) in [6, 6.07) is 16.8. The van der Waals surface area contributed by atoms with Crippen molar-refractivity contribution in [1.82, 2.24) is 0 Å². The molecule has 1 unspecified atom stereocenters. The number of anilines is 3. The molecular formula is C26H29Cl2N3OS. The van der Waals surface area contributed by atoms with Gasteiger partial charge in [-0.25, -0.2) is 4.79 Å². The van der Waals surface area contributed by atoms with Gasteiger partial charge >= 0.3 is 6.03 Å². The maximum Gasteiger partial charge on any atom is 0.326 e. The molecule has 0 spiro atoms. The number of urea groups is 1. The Morgan fingerprint density at radius 3 is 2.18 bits per heavy atom. The van der Waals surface area contributed by atoms with Gasteiger partial charge < -0.3 is 11.1 Å². The Balaban J connectivity index is 2.07. The van der Waals surface area contributed by atoms with Crippen molar-refractivity contribution >= 4 is 58.1 Å². The smallest absolute Gasteiger partial charge is 0.326 e. The molecule has 3 rings (SSSR count). The van der Waals surface area contributed by atoms with Gasteiger partial charge in [0, 0.05) is 26.3 Å². The van der Waals surface area contributed by atoms with E-state index in [9.17, 15) is 4.79 Å². The first-order valence-electron chi connectivity index (χ1n) is 10.9. The number of amides is 2. The van der Waals surface area contributed by atoms with Crippen LogP contribution in [0.5, 0.6) is 0 Å². The predicted molar refractivity (Wildman–Crippen MR) is 144 cm³/mol. The Bertz CT molecular complexity index is 1090. The van der Waals surface area contributed by atoms with E-state index in [4.69, 9.17) is 28.9 Å². The van der Waals surface area contributed by atoms with Crippen LogP contribution in [0.1, 0.15) is 43.5 Å². The van der Waals surface area contributed by atoms with Gasteiger partial charge in [-0.15, -0.1) is 11.8 Å². The number of nitrogens with one attached hydrogen (secondary N) is 1. The highest BCUT2D eigenvalue weighted by molar-refractivity contribution is 7.98. The topological polar surface area (TPSA) is 58.4 Å². The monoisotopic (exact) mass is 501 g/mol. The third-order valence-corrected chi connectivity index (χ3v) is 7.10. The van der Waals surface area contributed by atoms with Crippen molar-refractivity contribution < 1.29 is 4.79 Å². The van der Waals surface area contributed by atoms with Crippen molar-refractivity contribution in [2.75, 3.05) is 22.2 Å². The molecule has 0 bridgehead atoms. The number of carbonyl (C=O) groups excluding carboxylic acids is 1. The first kappa shape index (κ1) is 25.3. The maximum atomic E-state index is 13.8. The third-order valence-electron chi connectivity index (χ3n) is 5.77. The molecule has 0 aliphatic rings. The molecule has 0 aliphatic carbocycles. The van der Waals surface area contributed by atoms with Gasteiger partial charge in [0.2, 0.25) is 0 Å². The summed E-state index contributed by atoms with van der Waals surface area (Å²) < 4.78 is 0. The summed E-state index contributed by atoms with van der Waals surface area (Å²) in [5, 5.41) is 4.36. The number of nitrogen functional groups attached to an aromatic ring is 1. The van der Waals surface area contributed by atoms with Gasteiger partial charge in [-0.05, 0) is 85.2 Å². The minimum atomic E-state index is -0.250. The molecule has 0 saturated carbocycles. The molecule has 0 aliphatic heterocycles. The van der Waals surface area contributed by atoms with Crippen molar-refractivity contribution in [2.24, 2.45) is 0 Å². The molecule has 174 valence electrons. The van der Waals surface area contributed by atoms with Crippen molar-refractivity contribution in [3.63, 3.8) is 0 Å². The largest absolute Gasteiger partial charge is 0.398 e. The van der Waals surface area contributed by atoms with Gasteiger partial charge in [-0.1, -0.05) is 49.2 Å². The zero-order valence-electron chi connectivity index (χ0n) is 19.3. The molecular weight excluding hydrogens is 473 g/mol. The normalized spacial score (nSPS) is 11.8. The molecule has 1 atom stereocenters. The van der Waals surface area contributed by atoms with Crippen molar-refractivity contribution in [3.8, 4) is 0 Å². The minimum absolute atomic E-state index is 0.242. The summed E-state index contributed by atoms with van der Waals surface area (Å²) in [6.45, 7) is 6.03. The van der Waals surface area contributed by atoms with Crippen LogP contribution in [0.25, 0.3) is 0 Å². The fourth-order valence-corrected chi connectivity index (χ4v) is 4.83. The van der Waals surface area contributed by atoms with E-state index in [0.717, 1.165) is 27.3 Å². The second-order valence-corrected chi connectivity index (χ2v) is 9.44. The van der Waals surface area contributed by atoms with Crippen LogP contribution in [0, 0.1) is 0 Å². The lowest BCUT2D eigenvalue weighted by Gasteiger charge is -2.31. The number of rotatable bonds is 7. The Morgan fingerprint density at radius 2 is 1.64 bits per heavy atom. The Labute approximate surface area is 210 Å². The summed E-state index contributed by atoms with van der Waals surface area (Å²) in [7, 11) is 0. The van der Waals surface area contributed by atoms with Crippen LogP contribution in [0.3, 0.4) is 0 Å².